The molecule has 1 aromatic heterocycles. The van der Waals surface area contributed by atoms with E-state index >= 15 is 0 Å². The highest BCUT2D eigenvalue weighted by Gasteiger charge is 1.98. The topological polar surface area (TPSA) is 45.8 Å². The quantitative estimate of drug-likeness (QED) is 0.631. The Hall–Kier alpha value is -1.82. The van der Waals surface area contributed by atoms with Crippen molar-refractivity contribution in [2.45, 2.75) is 20.8 Å². The number of allylic oxidation sites excluding steroid dienone is 1. The number of hydrogen-bond donors (Lipinski definition) is 0. The van der Waals surface area contributed by atoms with Gasteiger partial charge in [-0.2, -0.15) is 5.26 Å². The van der Waals surface area contributed by atoms with Crippen LogP contribution in [0.5, 0.6) is 0 Å². The molecule has 0 saturated carbocycles. The van der Waals surface area contributed by atoms with Crippen LogP contribution >= 0.6 is 0 Å². The average molecular weight is 188 g/mol. The third-order valence-corrected chi connectivity index (χ3v) is 1.87. The molecular weight excluding hydrogens is 176 g/mol. The van der Waals surface area contributed by atoms with Gasteiger partial charge in [0, 0.05) is 23.5 Å². The van der Waals surface area contributed by atoms with Gasteiger partial charge in [0.25, 0.3) is 5.56 Å². The second-order valence-corrected chi connectivity index (χ2v) is 3.34. The van der Waals surface area contributed by atoms with Crippen LogP contribution in [0, 0.1) is 25.2 Å². The molecule has 1 rings (SSSR count). The van der Waals surface area contributed by atoms with Crippen LogP contribution in [0.2, 0.25) is 0 Å². The molecule has 0 spiro atoms. The zero-order valence-corrected chi connectivity index (χ0v) is 8.53. The highest BCUT2D eigenvalue weighted by molar-refractivity contribution is 5.39. The van der Waals surface area contributed by atoms with Crippen molar-refractivity contribution in [3.05, 3.63) is 39.3 Å². The van der Waals surface area contributed by atoms with Crippen LogP contribution in [-0.4, -0.2) is 4.57 Å². The lowest BCUT2D eigenvalue weighted by atomic mass is 10.2. The smallest absolute Gasteiger partial charge is 0.257 e. The van der Waals surface area contributed by atoms with Gasteiger partial charge >= 0.3 is 0 Å². The number of rotatable bonds is 1. The van der Waals surface area contributed by atoms with Crippen LogP contribution in [0.3, 0.4) is 0 Å². The van der Waals surface area contributed by atoms with Crippen molar-refractivity contribution >= 4 is 6.20 Å². The molecule has 1 aromatic rings. The first-order valence-corrected chi connectivity index (χ1v) is 4.32. The van der Waals surface area contributed by atoms with Crippen LogP contribution in [0.15, 0.2) is 22.6 Å². The van der Waals surface area contributed by atoms with Gasteiger partial charge in [0.1, 0.15) is 0 Å². The predicted molar refractivity (Wildman–Crippen MR) is 55.7 cm³/mol. The largest absolute Gasteiger partial charge is 0.290 e. The predicted octanol–water partition coefficient (Wildman–Crippen LogP) is 1.85. The first-order chi connectivity index (χ1) is 6.54. The van der Waals surface area contributed by atoms with Crippen LogP contribution in [0.25, 0.3) is 6.20 Å². The molecule has 0 aromatic carbocycles. The Balaban J connectivity index is 3.37. The minimum atomic E-state index is -0.0785. The summed E-state index contributed by atoms with van der Waals surface area (Å²) < 4.78 is 1.45. The molecule has 0 N–H and O–H groups in total. The SMILES string of the molecule is C/C(C#N)=C/n1cc(C)cc(C)c1=O. The van der Waals surface area contributed by atoms with E-state index in [4.69, 9.17) is 5.26 Å². The first kappa shape index (κ1) is 10.3. The molecule has 0 aliphatic rings. The Labute approximate surface area is 82.9 Å². The maximum atomic E-state index is 11.6. The second kappa shape index (κ2) is 3.93. The van der Waals surface area contributed by atoms with Gasteiger partial charge in [0.05, 0.1) is 6.07 Å². The van der Waals surface area contributed by atoms with Gasteiger partial charge in [0.15, 0.2) is 0 Å². The van der Waals surface area contributed by atoms with E-state index in [1.165, 1.54) is 4.57 Å². The van der Waals surface area contributed by atoms with Crippen LogP contribution in [0.1, 0.15) is 18.1 Å². The molecule has 72 valence electrons. The van der Waals surface area contributed by atoms with E-state index in [9.17, 15) is 4.79 Å². The Morgan fingerprint density at radius 3 is 2.79 bits per heavy atom. The van der Waals surface area contributed by atoms with Crippen molar-refractivity contribution in [1.29, 1.82) is 5.26 Å². The summed E-state index contributed by atoms with van der Waals surface area (Å²) in [6.45, 7) is 5.35. The normalized spacial score (nSPS) is 11.1. The van der Waals surface area contributed by atoms with E-state index < -0.39 is 0 Å². The highest BCUT2D eigenvalue weighted by atomic mass is 16.1. The number of nitrogens with zero attached hydrogens (tertiary/aromatic N) is 2. The van der Waals surface area contributed by atoms with E-state index in [1.54, 1.807) is 26.2 Å². The zero-order chi connectivity index (χ0) is 10.7. The number of aromatic nitrogens is 1. The minimum absolute atomic E-state index is 0.0785. The minimum Gasteiger partial charge on any atom is -0.290 e. The molecule has 0 aliphatic carbocycles. The van der Waals surface area contributed by atoms with E-state index in [-0.39, 0.29) is 5.56 Å². The summed E-state index contributed by atoms with van der Waals surface area (Å²) in [5, 5.41) is 8.59. The maximum Gasteiger partial charge on any atom is 0.257 e. The summed E-state index contributed by atoms with van der Waals surface area (Å²) in [4.78, 5) is 11.6. The fourth-order valence-electron chi connectivity index (χ4n) is 1.26. The van der Waals surface area contributed by atoms with Gasteiger partial charge in [0.2, 0.25) is 0 Å². The molecule has 3 heteroatoms. The molecule has 0 saturated heterocycles. The highest BCUT2D eigenvalue weighted by Crippen LogP contribution is 2.00. The van der Waals surface area contributed by atoms with Crippen molar-refractivity contribution in [3.8, 4) is 6.07 Å². The molecular formula is C11H12N2O. The van der Waals surface area contributed by atoms with E-state index in [0.717, 1.165) is 5.56 Å². The van der Waals surface area contributed by atoms with Crippen molar-refractivity contribution in [1.82, 2.24) is 4.57 Å². The lowest BCUT2D eigenvalue weighted by molar-refractivity contribution is 1.01. The fraction of sp³-hybridized carbons (Fsp3) is 0.273. The molecule has 14 heavy (non-hydrogen) atoms. The third-order valence-electron chi connectivity index (χ3n) is 1.87. The van der Waals surface area contributed by atoms with Gasteiger partial charge in [-0.05, 0) is 32.4 Å². The Morgan fingerprint density at radius 2 is 2.21 bits per heavy atom. The summed E-state index contributed by atoms with van der Waals surface area (Å²) in [5.41, 5.74) is 2.12. The van der Waals surface area contributed by atoms with E-state index in [2.05, 4.69) is 0 Å². The van der Waals surface area contributed by atoms with Gasteiger partial charge in [-0.25, -0.2) is 0 Å². The second-order valence-electron chi connectivity index (χ2n) is 3.34. The van der Waals surface area contributed by atoms with Gasteiger partial charge in [-0.3, -0.25) is 9.36 Å². The average Bonchev–Trinajstić information content (AvgIpc) is 2.13. The van der Waals surface area contributed by atoms with Gasteiger partial charge in [-0.1, -0.05) is 0 Å². The van der Waals surface area contributed by atoms with E-state index in [1.807, 2.05) is 19.1 Å². The number of aryl methyl sites for hydroxylation is 2. The summed E-state index contributed by atoms with van der Waals surface area (Å²) in [6.07, 6.45) is 3.26. The van der Waals surface area contributed by atoms with Crippen molar-refractivity contribution in [3.63, 3.8) is 0 Å². The molecule has 0 bridgehead atoms. The van der Waals surface area contributed by atoms with Gasteiger partial charge in [-0.15, -0.1) is 0 Å². The molecule has 0 unspecified atom stereocenters. The summed E-state index contributed by atoms with van der Waals surface area (Å²) in [5.74, 6) is 0. The third kappa shape index (κ3) is 2.11. The molecule has 1 heterocycles. The summed E-state index contributed by atoms with van der Waals surface area (Å²) >= 11 is 0. The molecule has 0 aliphatic heterocycles. The standard InChI is InChI=1S/C11H12N2O/c1-8-4-10(3)11(14)13(6-8)7-9(2)5-12/h4,6-7H,1-3H3/b9-7-. The molecule has 0 atom stereocenters. The zero-order valence-electron chi connectivity index (χ0n) is 8.53. The Morgan fingerprint density at radius 1 is 1.57 bits per heavy atom. The van der Waals surface area contributed by atoms with Crippen LogP contribution < -0.4 is 5.56 Å². The van der Waals surface area contributed by atoms with Crippen LogP contribution in [-0.2, 0) is 0 Å². The lowest BCUT2D eigenvalue weighted by Crippen LogP contribution is -2.18. The number of pyridine rings is 1. The summed E-state index contributed by atoms with van der Waals surface area (Å²) in [6, 6.07) is 3.81. The Kier molecular flexibility index (Phi) is 2.88. The number of hydrogen-bond acceptors (Lipinski definition) is 2. The van der Waals surface area contributed by atoms with Gasteiger partial charge < -0.3 is 0 Å². The number of nitriles is 1. The molecule has 3 nitrogen and oxygen atoms in total. The molecule has 0 fully saturated rings. The Bertz CT molecular complexity index is 475. The fourth-order valence-corrected chi connectivity index (χ4v) is 1.26. The van der Waals surface area contributed by atoms with Crippen molar-refractivity contribution in [2.75, 3.05) is 0 Å². The van der Waals surface area contributed by atoms with Crippen molar-refractivity contribution in [2.24, 2.45) is 0 Å². The molecule has 0 radical (unpaired) electrons. The maximum absolute atomic E-state index is 11.6. The van der Waals surface area contributed by atoms with Crippen LogP contribution in [0.4, 0.5) is 0 Å². The lowest BCUT2D eigenvalue weighted by Gasteiger charge is -2.02. The monoisotopic (exact) mass is 188 g/mol. The van der Waals surface area contributed by atoms with Crippen molar-refractivity contribution < 1.29 is 0 Å². The first-order valence-electron chi connectivity index (χ1n) is 4.32. The van der Waals surface area contributed by atoms with E-state index in [0.29, 0.717) is 11.1 Å². The molecule has 0 amide bonds. The summed E-state index contributed by atoms with van der Waals surface area (Å²) in [7, 11) is 0.